The molecular formula is C18H29N3O4S. The van der Waals surface area contributed by atoms with Gasteiger partial charge in [0.05, 0.1) is 18.0 Å². The monoisotopic (exact) mass is 383 g/mol. The number of piperazine rings is 1. The van der Waals surface area contributed by atoms with Gasteiger partial charge in [-0.15, -0.1) is 0 Å². The minimum absolute atomic E-state index is 0.101. The van der Waals surface area contributed by atoms with Gasteiger partial charge in [-0.1, -0.05) is 19.1 Å². The Hall–Kier alpha value is -1.80. The van der Waals surface area contributed by atoms with Crippen LogP contribution < -0.4 is 9.04 Å². The third-order valence-electron chi connectivity index (χ3n) is 4.35. The van der Waals surface area contributed by atoms with E-state index < -0.39 is 10.0 Å². The smallest absolute Gasteiger partial charge is 0.243 e. The van der Waals surface area contributed by atoms with Crippen molar-refractivity contribution in [2.45, 2.75) is 26.9 Å². The molecule has 1 saturated heterocycles. The van der Waals surface area contributed by atoms with Gasteiger partial charge in [-0.25, -0.2) is 8.42 Å². The summed E-state index contributed by atoms with van der Waals surface area (Å²) < 4.78 is 31.6. The van der Waals surface area contributed by atoms with Crippen LogP contribution >= 0.6 is 0 Å². The number of para-hydroxylation sites is 2. The summed E-state index contributed by atoms with van der Waals surface area (Å²) >= 11 is 0. The Morgan fingerprint density at radius 2 is 1.81 bits per heavy atom. The highest BCUT2D eigenvalue weighted by atomic mass is 32.2. The lowest BCUT2D eigenvalue weighted by atomic mass is 10.2. The predicted octanol–water partition coefficient (Wildman–Crippen LogP) is 1.40. The number of carbonyl (C=O) groups is 1. The summed E-state index contributed by atoms with van der Waals surface area (Å²) in [6.45, 7) is 9.44. The third kappa shape index (κ3) is 5.35. The number of benzene rings is 1. The quantitative estimate of drug-likeness (QED) is 0.712. The Labute approximate surface area is 156 Å². The number of ether oxygens (including phenoxy) is 1. The van der Waals surface area contributed by atoms with E-state index in [1.807, 2.05) is 13.8 Å². The van der Waals surface area contributed by atoms with Gasteiger partial charge in [0.15, 0.2) is 0 Å². The van der Waals surface area contributed by atoms with Crippen molar-refractivity contribution in [3.63, 3.8) is 0 Å². The maximum atomic E-state index is 12.7. The van der Waals surface area contributed by atoms with Crippen LogP contribution in [0.5, 0.6) is 5.75 Å². The van der Waals surface area contributed by atoms with Crippen LogP contribution in [-0.4, -0.2) is 75.8 Å². The van der Waals surface area contributed by atoms with Crippen molar-refractivity contribution in [2.24, 2.45) is 0 Å². The molecule has 1 aromatic carbocycles. The summed E-state index contributed by atoms with van der Waals surface area (Å²) in [5.41, 5.74) is 0.393. The molecule has 1 amide bonds. The van der Waals surface area contributed by atoms with Crippen molar-refractivity contribution in [1.82, 2.24) is 9.80 Å². The SMILES string of the molecule is CCN1CCN(C(=O)CN(c2ccccc2OC(C)C)S(C)(=O)=O)CC1. The molecule has 0 aliphatic carbocycles. The topological polar surface area (TPSA) is 70.2 Å². The van der Waals surface area contributed by atoms with Crippen LogP contribution in [0.2, 0.25) is 0 Å². The lowest BCUT2D eigenvalue weighted by molar-refractivity contribution is -0.131. The van der Waals surface area contributed by atoms with Crippen LogP contribution in [0, 0.1) is 0 Å². The molecule has 1 aromatic rings. The van der Waals surface area contributed by atoms with Crippen LogP contribution in [0.15, 0.2) is 24.3 Å². The van der Waals surface area contributed by atoms with Crippen molar-refractivity contribution in [2.75, 3.05) is 49.8 Å². The van der Waals surface area contributed by atoms with E-state index in [1.165, 1.54) is 0 Å². The standard InChI is InChI=1S/C18H29N3O4S/c1-5-19-10-12-20(13-11-19)18(22)14-21(26(4,23)24)16-8-6-7-9-17(16)25-15(2)3/h6-9,15H,5,10-14H2,1-4H3. The van der Waals surface area contributed by atoms with E-state index in [2.05, 4.69) is 11.8 Å². The van der Waals surface area contributed by atoms with E-state index in [0.717, 1.165) is 30.2 Å². The fourth-order valence-corrected chi connectivity index (χ4v) is 3.79. The summed E-state index contributed by atoms with van der Waals surface area (Å²) in [5.74, 6) is 0.266. The Morgan fingerprint density at radius 3 is 2.35 bits per heavy atom. The summed E-state index contributed by atoms with van der Waals surface area (Å²) in [5, 5.41) is 0. The van der Waals surface area contributed by atoms with Gasteiger partial charge in [0.1, 0.15) is 12.3 Å². The summed E-state index contributed by atoms with van der Waals surface area (Å²) in [4.78, 5) is 16.7. The molecule has 2 rings (SSSR count). The second-order valence-electron chi connectivity index (χ2n) is 6.72. The molecule has 0 N–H and O–H groups in total. The van der Waals surface area contributed by atoms with E-state index in [-0.39, 0.29) is 18.6 Å². The number of sulfonamides is 1. The van der Waals surface area contributed by atoms with Gasteiger partial charge in [0, 0.05) is 26.2 Å². The molecule has 0 aromatic heterocycles. The average molecular weight is 384 g/mol. The number of hydrogen-bond acceptors (Lipinski definition) is 5. The van der Waals surface area contributed by atoms with Gasteiger partial charge in [-0.05, 0) is 32.5 Å². The Morgan fingerprint density at radius 1 is 1.19 bits per heavy atom. The second-order valence-corrected chi connectivity index (χ2v) is 8.63. The Bertz CT molecular complexity index is 713. The second kappa shape index (κ2) is 8.73. The van der Waals surface area contributed by atoms with Crippen molar-refractivity contribution in [1.29, 1.82) is 0 Å². The molecule has 1 aliphatic heterocycles. The number of nitrogens with zero attached hydrogens (tertiary/aromatic N) is 3. The zero-order chi connectivity index (χ0) is 19.3. The Kier molecular flexibility index (Phi) is 6.88. The van der Waals surface area contributed by atoms with Crippen LogP contribution in [-0.2, 0) is 14.8 Å². The van der Waals surface area contributed by atoms with E-state index >= 15 is 0 Å². The van der Waals surface area contributed by atoms with Crippen LogP contribution in [0.25, 0.3) is 0 Å². The zero-order valence-corrected chi connectivity index (χ0v) is 16.8. The largest absolute Gasteiger partial charge is 0.489 e. The lowest BCUT2D eigenvalue weighted by Crippen LogP contribution is -2.51. The number of hydrogen-bond donors (Lipinski definition) is 0. The van der Waals surface area contributed by atoms with Gasteiger partial charge in [0.25, 0.3) is 0 Å². The van der Waals surface area contributed by atoms with E-state index in [1.54, 1.807) is 29.2 Å². The minimum Gasteiger partial charge on any atom is -0.489 e. The van der Waals surface area contributed by atoms with Crippen molar-refractivity contribution >= 4 is 21.6 Å². The third-order valence-corrected chi connectivity index (χ3v) is 5.47. The molecule has 26 heavy (non-hydrogen) atoms. The fourth-order valence-electron chi connectivity index (χ4n) is 2.93. The molecule has 0 spiro atoms. The van der Waals surface area contributed by atoms with Crippen LogP contribution in [0.1, 0.15) is 20.8 Å². The van der Waals surface area contributed by atoms with E-state index in [0.29, 0.717) is 24.5 Å². The highest BCUT2D eigenvalue weighted by molar-refractivity contribution is 7.92. The predicted molar refractivity (Wildman–Crippen MR) is 103 cm³/mol. The first kappa shape index (κ1) is 20.5. The van der Waals surface area contributed by atoms with Gasteiger partial charge < -0.3 is 14.5 Å². The molecular weight excluding hydrogens is 354 g/mol. The van der Waals surface area contributed by atoms with E-state index in [9.17, 15) is 13.2 Å². The molecule has 0 bridgehead atoms. The summed E-state index contributed by atoms with van der Waals surface area (Å²) in [7, 11) is -3.63. The van der Waals surface area contributed by atoms with Gasteiger partial charge in [0.2, 0.25) is 15.9 Å². The maximum Gasteiger partial charge on any atom is 0.243 e. The molecule has 1 fully saturated rings. The molecule has 0 radical (unpaired) electrons. The molecule has 0 unspecified atom stereocenters. The zero-order valence-electron chi connectivity index (χ0n) is 16.0. The van der Waals surface area contributed by atoms with Crippen molar-refractivity contribution in [3.05, 3.63) is 24.3 Å². The first-order valence-electron chi connectivity index (χ1n) is 8.96. The first-order chi connectivity index (χ1) is 12.2. The molecule has 1 aliphatic rings. The van der Waals surface area contributed by atoms with Crippen LogP contribution in [0.3, 0.4) is 0 Å². The average Bonchev–Trinajstić information content (AvgIpc) is 2.59. The summed E-state index contributed by atoms with van der Waals surface area (Å²) in [6.07, 6.45) is 1.01. The first-order valence-corrected chi connectivity index (χ1v) is 10.8. The van der Waals surface area contributed by atoms with Gasteiger partial charge in [-0.2, -0.15) is 0 Å². The maximum absolute atomic E-state index is 12.7. The molecule has 0 saturated carbocycles. The van der Waals surface area contributed by atoms with Crippen molar-refractivity contribution in [3.8, 4) is 5.75 Å². The molecule has 8 heteroatoms. The van der Waals surface area contributed by atoms with Crippen LogP contribution in [0.4, 0.5) is 5.69 Å². The van der Waals surface area contributed by atoms with E-state index in [4.69, 9.17) is 4.74 Å². The minimum atomic E-state index is -3.63. The Balaban J connectivity index is 2.21. The van der Waals surface area contributed by atoms with Gasteiger partial charge >= 0.3 is 0 Å². The highest BCUT2D eigenvalue weighted by Crippen LogP contribution is 2.30. The summed E-state index contributed by atoms with van der Waals surface area (Å²) in [6, 6.07) is 6.91. The fraction of sp³-hybridized carbons (Fsp3) is 0.611. The normalized spacial score (nSPS) is 16.0. The number of amides is 1. The van der Waals surface area contributed by atoms with Crippen molar-refractivity contribution < 1.29 is 17.9 Å². The molecule has 146 valence electrons. The number of likely N-dealkylation sites (N-methyl/N-ethyl adjacent to an activating group) is 1. The highest BCUT2D eigenvalue weighted by Gasteiger charge is 2.28. The molecule has 7 nitrogen and oxygen atoms in total. The molecule has 1 heterocycles. The lowest BCUT2D eigenvalue weighted by Gasteiger charge is -2.35. The number of anilines is 1. The molecule has 0 atom stereocenters. The van der Waals surface area contributed by atoms with Gasteiger partial charge in [-0.3, -0.25) is 9.10 Å². The number of carbonyl (C=O) groups excluding carboxylic acids is 1. The number of rotatable bonds is 7.